The van der Waals surface area contributed by atoms with Crippen LogP contribution in [0.25, 0.3) is 55.1 Å². The quantitative estimate of drug-likeness (QED) is 0.205. The van der Waals surface area contributed by atoms with Crippen LogP contribution in [-0.4, -0.2) is 10.8 Å². The SMILES string of the molecule is c1ccc(C2=NC(c3ccccc3)NC(c3ccccc3-c3ccc(-c4ccccc4)c4oc5cc6cccnc6cc5c34)N2)cc1. The second kappa shape index (κ2) is 11.4. The van der Waals surface area contributed by atoms with E-state index < -0.39 is 0 Å². The maximum Gasteiger partial charge on any atom is 0.143 e. The summed E-state index contributed by atoms with van der Waals surface area (Å²) < 4.78 is 6.77. The summed E-state index contributed by atoms with van der Waals surface area (Å²) in [7, 11) is 0. The van der Waals surface area contributed by atoms with Crippen molar-refractivity contribution in [2.75, 3.05) is 0 Å². The molecule has 0 amide bonds. The molecule has 1 aliphatic rings. The third kappa shape index (κ3) is 4.85. The van der Waals surface area contributed by atoms with E-state index in [4.69, 9.17) is 14.4 Å². The number of fused-ring (bicyclic) bond motifs is 4. The van der Waals surface area contributed by atoms with Crippen molar-refractivity contribution in [2.24, 2.45) is 4.99 Å². The molecule has 5 heteroatoms. The lowest BCUT2D eigenvalue weighted by molar-refractivity contribution is 0.409. The highest BCUT2D eigenvalue weighted by Crippen LogP contribution is 2.44. The molecule has 47 heavy (non-hydrogen) atoms. The van der Waals surface area contributed by atoms with Crippen molar-refractivity contribution in [3.8, 4) is 22.3 Å². The molecule has 2 atom stereocenters. The van der Waals surface area contributed by atoms with Gasteiger partial charge in [0.15, 0.2) is 0 Å². The number of hydrogen-bond acceptors (Lipinski definition) is 5. The smallest absolute Gasteiger partial charge is 0.143 e. The number of furan rings is 1. The van der Waals surface area contributed by atoms with Gasteiger partial charge in [0.1, 0.15) is 29.3 Å². The van der Waals surface area contributed by atoms with Gasteiger partial charge in [0.2, 0.25) is 0 Å². The van der Waals surface area contributed by atoms with Crippen LogP contribution in [0.3, 0.4) is 0 Å². The number of aliphatic imine (C=N–C) groups is 1. The first-order valence-corrected chi connectivity index (χ1v) is 15.9. The first kappa shape index (κ1) is 27.3. The van der Waals surface area contributed by atoms with Gasteiger partial charge in [-0.15, -0.1) is 0 Å². The highest BCUT2D eigenvalue weighted by molar-refractivity contribution is 6.18. The maximum absolute atomic E-state index is 6.77. The molecular weight excluding hydrogens is 576 g/mol. The Hall–Kier alpha value is -6.04. The van der Waals surface area contributed by atoms with Gasteiger partial charge in [0.05, 0.1) is 5.52 Å². The van der Waals surface area contributed by atoms with Crippen LogP contribution >= 0.6 is 0 Å². The fourth-order valence-corrected chi connectivity index (χ4v) is 6.78. The lowest BCUT2D eigenvalue weighted by Gasteiger charge is -2.33. The van der Waals surface area contributed by atoms with Gasteiger partial charge < -0.3 is 9.73 Å². The van der Waals surface area contributed by atoms with Gasteiger partial charge in [-0.25, -0.2) is 4.99 Å². The maximum atomic E-state index is 6.77. The van der Waals surface area contributed by atoms with Crippen molar-refractivity contribution >= 4 is 38.7 Å². The number of pyridine rings is 1. The third-order valence-electron chi connectivity index (χ3n) is 9.02. The van der Waals surface area contributed by atoms with Gasteiger partial charge in [-0.05, 0) is 52.1 Å². The second-order valence-electron chi connectivity index (χ2n) is 11.9. The average Bonchev–Trinajstić information content (AvgIpc) is 3.53. The van der Waals surface area contributed by atoms with Crippen molar-refractivity contribution < 1.29 is 4.42 Å². The first-order valence-electron chi connectivity index (χ1n) is 15.9. The Morgan fingerprint density at radius 1 is 0.596 bits per heavy atom. The van der Waals surface area contributed by atoms with Crippen LogP contribution < -0.4 is 10.6 Å². The highest BCUT2D eigenvalue weighted by atomic mass is 16.3. The van der Waals surface area contributed by atoms with Gasteiger partial charge in [0, 0.05) is 33.5 Å². The number of aromatic nitrogens is 1. The Labute approximate surface area is 272 Å². The van der Waals surface area contributed by atoms with E-state index in [1.807, 2.05) is 30.5 Å². The number of rotatable bonds is 5. The zero-order chi connectivity index (χ0) is 31.2. The van der Waals surface area contributed by atoms with Crippen molar-refractivity contribution in [3.05, 3.63) is 175 Å². The summed E-state index contributed by atoms with van der Waals surface area (Å²) in [5, 5.41) is 10.7. The van der Waals surface area contributed by atoms with E-state index >= 15 is 0 Å². The Morgan fingerprint density at radius 2 is 1.30 bits per heavy atom. The molecule has 1 aliphatic heterocycles. The zero-order valence-corrected chi connectivity index (χ0v) is 25.5. The molecule has 0 spiro atoms. The van der Waals surface area contributed by atoms with Crippen LogP contribution in [0.15, 0.2) is 167 Å². The molecule has 3 heterocycles. The first-order chi connectivity index (χ1) is 23.3. The van der Waals surface area contributed by atoms with Gasteiger partial charge in [-0.2, -0.15) is 0 Å². The van der Waals surface area contributed by atoms with E-state index in [-0.39, 0.29) is 12.3 Å². The van der Waals surface area contributed by atoms with Crippen LogP contribution in [0.1, 0.15) is 29.0 Å². The molecule has 5 nitrogen and oxygen atoms in total. The van der Waals surface area contributed by atoms with Crippen LogP contribution in [0, 0.1) is 0 Å². The van der Waals surface area contributed by atoms with Crippen molar-refractivity contribution in [3.63, 3.8) is 0 Å². The molecule has 2 aromatic heterocycles. The van der Waals surface area contributed by atoms with Gasteiger partial charge in [-0.3, -0.25) is 10.3 Å². The number of amidine groups is 1. The third-order valence-corrected chi connectivity index (χ3v) is 9.02. The number of nitrogens with zero attached hydrogens (tertiary/aromatic N) is 2. The molecule has 2 N–H and O–H groups in total. The summed E-state index contributed by atoms with van der Waals surface area (Å²) >= 11 is 0. The van der Waals surface area contributed by atoms with Crippen LogP contribution in [0.2, 0.25) is 0 Å². The molecule has 224 valence electrons. The van der Waals surface area contributed by atoms with E-state index in [1.54, 1.807) is 0 Å². The minimum Gasteiger partial charge on any atom is -0.455 e. The lowest BCUT2D eigenvalue weighted by atomic mass is 9.91. The second-order valence-corrected chi connectivity index (χ2v) is 11.9. The molecule has 6 aromatic carbocycles. The number of hydrogen-bond donors (Lipinski definition) is 2. The van der Waals surface area contributed by atoms with E-state index in [0.29, 0.717) is 0 Å². The molecule has 2 unspecified atom stereocenters. The zero-order valence-electron chi connectivity index (χ0n) is 25.5. The summed E-state index contributed by atoms with van der Waals surface area (Å²) in [6.45, 7) is 0. The van der Waals surface area contributed by atoms with E-state index in [0.717, 1.165) is 77.6 Å². The summed E-state index contributed by atoms with van der Waals surface area (Å²) in [5.41, 5.74) is 10.3. The predicted molar refractivity (Wildman–Crippen MR) is 191 cm³/mol. The molecule has 0 fully saturated rings. The van der Waals surface area contributed by atoms with E-state index in [9.17, 15) is 0 Å². The standard InChI is InChI=1S/C42H30N4O/c1-4-13-27(14-5-1)31-22-23-33(38-35-26-36-30(19-12-24-43-36)25-37(35)47-39(31)38)32-20-10-11-21-34(32)42-45-40(28-15-6-2-7-16-28)44-41(46-42)29-17-8-3-9-18-29/h1-26,40,42,45H,(H,44,46). The molecule has 9 rings (SSSR count). The number of nitrogens with one attached hydrogen (secondary N) is 2. The van der Waals surface area contributed by atoms with Crippen LogP contribution in [0.4, 0.5) is 0 Å². The molecule has 0 radical (unpaired) electrons. The molecule has 0 aliphatic carbocycles. The topological polar surface area (TPSA) is 62.5 Å². The van der Waals surface area contributed by atoms with Crippen molar-refractivity contribution in [1.82, 2.24) is 15.6 Å². The fourth-order valence-electron chi connectivity index (χ4n) is 6.78. The Bertz CT molecular complexity index is 2420. The van der Waals surface area contributed by atoms with Gasteiger partial charge >= 0.3 is 0 Å². The molecule has 0 saturated carbocycles. The normalized spacial score (nSPS) is 16.3. The van der Waals surface area contributed by atoms with Gasteiger partial charge in [-0.1, -0.05) is 127 Å². The highest BCUT2D eigenvalue weighted by Gasteiger charge is 2.28. The van der Waals surface area contributed by atoms with Gasteiger partial charge in [0.25, 0.3) is 0 Å². The Kier molecular flexibility index (Phi) is 6.61. The monoisotopic (exact) mass is 606 g/mol. The fraction of sp³-hybridized carbons (Fsp3) is 0.0476. The minimum absolute atomic E-state index is 0.214. The molecule has 0 saturated heterocycles. The largest absolute Gasteiger partial charge is 0.455 e. The summed E-state index contributed by atoms with van der Waals surface area (Å²) in [6.07, 6.45) is 1.41. The van der Waals surface area contributed by atoms with Crippen molar-refractivity contribution in [1.29, 1.82) is 0 Å². The van der Waals surface area contributed by atoms with Crippen molar-refractivity contribution in [2.45, 2.75) is 12.3 Å². The minimum atomic E-state index is -0.224. The summed E-state index contributed by atoms with van der Waals surface area (Å²) in [6, 6.07) is 52.6. The predicted octanol–water partition coefficient (Wildman–Crippen LogP) is 9.81. The van der Waals surface area contributed by atoms with Crippen LogP contribution in [-0.2, 0) is 0 Å². The Morgan fingerprint density at radius 3 is 2.11 bits per heavy atom. The summed E-state index contributed by atoms with van der Waals surface area (Å²) in [4.78, 5) is 9.82. The summed E-state index contributed by atoms with van der Waals surface area (Å²) in [5.74, 6) is 0.855. The van der Waals surface area contributed by atoms with Crippen LogP contribution in [0.5, 0.6) is 0 Å². The Balaban J connectivity index is 1.25. The molecule has 0 bridgehead atoms. The van der Waals surface area contributed by atoms with E-state index in [2.05, 4.69) is 138 Å². The average molecular weight is 607 g/mol. The lowest BCUT2D eigenvalue weighted by Crippen LogP contribution is -2.45. The molecule has 8 aromatic rings. The molecular formula is C42H30N4O. The van der Waals surface area contributed by atoms with E-state index in [1.165, 1.54) is 0 Å². The number of benzene rings is 6.